The Morgan fingerprint density at radius 2 is 1.84 bits per heavy atom. The minimum atomic E-state index is -0.836. The van der Waals surface area contributed by atoms with Crippen LogP contribution in [0.25, 0.3) is 10.1 Å². The second-order valence-corrected chi connectivity index (χ2v) is 6.12. The zero-order valence-electron chi connectivity index (χ0n) is 10.8. The molecule has 1 N–H and O–H groups in total. The van der Waals surface area contributed by atoms with Gasteiger partial charge in [0.1, 0.15) is 4.88 Å². The van der Waals surface area contributed by atoms with Crippen molar-refractivity contribution in [2.24, 2.45) is 0 Å². The van der Waals surface area contributed by atoms with Crippen LogP contribution in [0.15, 0.2) is 24.3 Å². The minimum absolute atomic E-state index is 0.419. The topological polar surface area (TPSA) is 40.5 Å². The van der Waals surface area contributed by atoms with Crippen molar-refractivity contribution < 1.29 is 9.90 Å². The highest BCUT2D eigenvalue weighted by molar-refractivity contribution is 7.20. The summed E-state index contributed by atoms with van der Waals surface area (Å²) in [6, 6.07) is 8.05. The van der Waals surface area contributed by atoms with Crippen LogP contribution in [-0.2, 0) is 0 Å². The first-order valence-corrected chi connectivity index (χ1v) is 7.57. The van der Waals surface area contributed by atoms with E-state index in [1.54, 1.807) is 6.07 Å². The van der Waals surface area contributed by atoms with Crippen LogP contribution in [0.3, 0.4) is 0 Å². The van der Waals surface area contributed by atoms with E-state index < -0.39 is 5.97 Å². The number of thiophene rings is 1. The van der Waals surface area contributed by atoms with Crippen LogP contribution in [-0.4, -0.2) is 24.2 Å². The fourth-order valence-corrected chi connectivity index (χ4v) is 3.59. The molecule has 0 aliphatic carbocycles. The molecule has 19 heavy (non-hydrogen) atoms. The van der Waals surface area contributed by atoms with Crippen molar-refractivity contribution in [3.63, 3.8) is 0 Å². The first-order valence-electron chi connectivity index (χ1n) is 6.76. The summed E-state index contributed by atoms with van der Waals surface area (Å²) >= 11 is 1.36. The average molecular weight is 275 g/mol. The lowest BCUT2D eigenvalue weighted by Crippen LogP contribution is -2.23. The van der Waals surface area contributed by atoms with Crippen molar-refractivity contribution in [2.75, 3.05) is 18.0 Å². The quantitative estimate of drug-likeness (QED) is 0.901. The van der Waals surface area contributed by atoms with E-state index in [-0.39, 0.29) is 0 Å². The molecular weight excluding hydrogens is 258 g/mol. The molecule has 0 atom stereocenters. The molecule has 0 spiro atoms. The van der Waals surface area contributed by atoms with Gasteiger partial charge in [-0.25, -0.2) is 4.79 Å². The molecule has 3 nitrogen and oxygen atoms in total. The number of carboxylic acid groups (broad SMARTS) is 1. The van der Waals surface area contributed by atoms with E-state index >= 15 is 0 Å². The number of nitrogens with zero attached hydrogens (tertiary/aromatic N) is 1. The van der Waals surface area contributed by atoms with Gasteiger partial charge in [-0.1, -0.05) is 18.9 Å². The Morgan fingerprint density at radius 1 is 1.11 bits per heavy atom. The Kier molecular flexibility index (Phi) is 3.42. The van der Waals surface area contributed by atoms with Gasteiger partial charge in [-0.3, -0.25) is 0 Å². The summed E-state index contributed by atoms with van der Waals surface area (Å²) in [4.78, 5) is 13.8. The van der Waals surface area contributed by atoms with Crippen molar-refractivity contribution in [3.8, 4) is 0 Å². The molecule has 1 fully saturated rings. The fraction of sp³-hybridized carbons (Fsp3) is 0.400. The molecule has 1 saturated heterocycles. The summed E-state index contributed by atoms with van der Waals surface area (Å²) in [6.45, 7) is 2.23. The second kappa shape index (κ2) is 5.21. The summed E-state index contributed by atoms with van der Waals surface area (Å²) in [7, 11) is 0. The van der Waals surface area contributed by atoms with Gasteiger partial charge in [0.15, 0.2) is 0 Å². The van der Waals surface area contributed by atoms with Crippen LogP contribution < -0.4 is 4.90 Å². The smallest absolute Gasteiger partial charge is 0.345 e. The van der Waals surface area contributed by atoms with Gasteiger partial charge in [0.05, 0.1) is 0 Å². The zero-order chi connectivity index (χ0) is 13.2. The molecule has 2 aromatic rings. The highest BCUT2D eigenvalue weighted by Crippen LogP contribution is 2.30. The Labute approximate surface area is 116 Å². The molecule has 1 aliphatic rings. The average Bonchev–Trinajstić information content (AvgIpc) is 2.64. The monoisotopic (exact) mass is 275 g/mol. The highest BCUT2D eigenvalue weighted by atomic mass is 32.1. The Bertz CT molecular complexity index is 597. The standard InChI is InChI=1S/C15H17NO2S/c17-15(18)14-9-11-5-6-12(10-13(11)19-14)16-7-3-1-2-4-8-16/h5-6,9-10H,1-4,7-8H2,(H,17,18). The molecule has 1 aromatic carbocycles. The summed E-state index contributed by atoms with van der Waals surface area (Å²) < 4.78 is 1.07. The normalized spacial score (nSPS) is 16.5. The maximum atomic E-state index is 11.0. The van der Waals surface area contributed by atoms with Gasteiger partial charge < -0.3 is 10.0 Å². The molecular formula is C15H17NO2S. The lowest BCUT2D eigenvalue weighted by molar-refractivity contribution is 0.0702. The Hall–Kier alpha value is -1.55. The predicted octanol–water partition coefficient (Wildman–Crippen LogP) is 3.98. The van der Waals surface area contributed by atoms with E-state index in [0.717, 1.165) is 23.2 Å². The van der Waals surface area contributed by atoms with Gasteiger partial charge >= 0.3 is 5.97 Å². The number of hydrogen-bond acceptors (Lipinski definition) is 3. The molecule has 100 valence electrons. The lowest BCUT2D eigenvalue weighted by Gasteiger charge is -2.22. The number of anilines is 1. The number of benzene rings is 1. The highest BCUT2D eigenvalue weighted by Gasteiger charge is 2.12. The molecule has 3 rings (SSSR count). The third-order valence-corrected chi connectivity index (χ3v) is 4.77. The maximum Gasteiger partial charge on any atom is 0.345 e. The summed E-state index contributed by atoms with van der Waals surface area (Å²) in [6.07, 6.45) is 5.15. The number of carboxylic acids is 1. The number of aromatic carboxylic acids is 1. The van der Waals surface area contributed by atoms with Gasteiger partial charge in [-0.2, -0.15) is 0 Å². The van der Waals surface area contributed by atoms with Crippen molar-refractivity contribution >= 4 is 33.1 Å². The van der Waals surface area contributed by atoms with E-state index in [1.165, 1.54) is 42.7 Å². The van der Waals surface area contributed by atoms with Crippen molar-refractivity contribution in [3.05, 3.63) is 29.1 Å². The Morgan fingerprint density at radius 3 is 2.53 bits per heavy atom. The molecule has 1 aliphatic heterocycles. The van der Waals surface area contributed by atoms with E-state index in [9.17, 15) is 4.79 Å². The fourth-order valence-electron chi connectivity index (χ4n) is 2.65. The van der Waals surface area contributed by atoms with Crippen LogP contribution in [0.4, 0.5) is 5.69 Å². The van der Waals surface area contributed by atoms with Crippen molar-refractivity contribution in [1.82, 2.24) is 0 Å². The number of fused-ring (bicyclic) bond motifs is 1. The van der Waals surface area contributed by atoms with Crippen LogP contribution >= 0.6 is 11.3 Å². The molecule has 4 heteroatoms. The van der Waals surface area contributed by atoms with E-state index in [1.807, 2.05) is 6.07 Å². The predicted molar refractivity (Wildman–Crippen MR) is 79.5 cm³/mol. The van der Waals surface area contributed by atoms with E-state index in [0.29, 0.717) is 4.88 Å². The first-order chi connectivity index (χ1) is 9.24. The van der Waals surface area contributed by atoms with E-state index in [4.69, 9.17) is 5.11 Å². The second-order valence-electron chi connectivity index (χ2n) is 5.04. The molecule has 1 aromatic heterocycles. The largest absolute Gasteiger partial charge is 0.477 e. The molecule has 2 heterocycles. The van der Waals surface area contributed by atoms with Crippen LogP contribution in [0, 0.1) is 0 Å². The SMILES string of the molecule is O=C(O)c1cc2ccc(N3CCCCCC3)cc2s1. The van der Waals surface area contributed by atoms with Gasteiger partial charge in [-0.05, 0) is 36.4 Å². The molecule has 0 amide bonds. The molecule has 0 unspecified atom stereocenters. The molecule has 0 radical (unpaired) electrons. The van der Waals surface area contributed by atoms with Crippen LogP contribution in [0.5, 0.6) is 0 Å². The van der Waals surface area contributed by atoms with Crippen LogP contribution in [0.2, 0.25) is 0 Å². The number of rotatable bonds is 2. The van der Waals surface area contributed by atoms with E-state index in [2.05, 4.69) is 17.0 Å². The lowest BCUT2D eigenvalue weighted by atomic mass is 10.2. The minimum Gasteiger partial charge on any atom is -0.477 e. The maximum absolute atomic E-state index is 11.0. The van der Waals surface area contributed by atoms with Gasteiger partial charge in [0.25, 0.3) is 0 Å². The molecule has 0 bridgehead atoms. The zero-order valence-corrected chi connectivity index (χ0v) is 11.6. The Balaban J connectivity index is 1.93. The van der Waals surface area contributed by atoms with Gasteiger partial charge in [-0.15, -0.1) is 11.3 Å². The van der Waals surface area contributed by atoms with Crippen molar-refractivity contribution in [2.45, 2.75) is 25.7 Å². The third-order valence-electron chi connectivity index (χ3n) is 3.69. The van der Waals surface area contributed by atoms with Crippen molar-refractivity contribution in [1.29, 1.82) is 0 Å². The number of hydrogen-bond donors (Lipinski definition) is 1. The summed E-state index contributed by atoms with van der Waals surface area (Å²) in [5.74, 6) is -0.836. The number of carbonyl (C=O) groups is 1. The summed E-state index contributed by atoms with van der Waals surface area (Å²) in [5, 5.41) is 10.1. The first kappa shape index (κ1) is 12.5. The molecule has 0 saturated carbocycles. The van der Waals surface area contributed by atoms with Gasteiger partial charge in [0, 0.05) is 23.5 Å². The van der Waals surface area contributed by atoms with Gasteiger partial charge in [0.2, 0.25) is 0 Å². The third kappa shape index (κ3) is 2.59. The van der Waals surface area contributed by atoms with Crippen LogP contribution in [0.1, 0.15) is 35.4 Å². The summed E-state index contributed by atoms with van der Waals surface area (Å²) in [5.41, 5.74) is 1.23.